The van der Waals surface area contributed by atoms with Crippen molar-refractivity contribution in [3.63, 3.8) is 0 Å². The molecule has 0 aromatic carbocycles. The molecule has 0 spiro atoms. The fourth-order valence-corrected chi connectivity index (χ4v) is 10.2. The van der Waals surface area contributed by atoms with Crippen molar-refractivity contribution in [1.82, 2.24) is 10.6 Å². The number of ether oxygens (including phenoxy) is 1. The van der Waals surface area contributed by atoms with E-state index in [9.17, 15) is 24.6 Å². The predicted molar refractivity (Wildman–Crippen MR) is 183 cm³/mol. The van der Waals surface area contributed by atoms with Crippen molar-refractivity contribution < 1.29 is 34.2 Å². The summed E-state index contributed by atoms with van der Waals surface area (Å²) < 4.78 is 5.80. The number of carbonyl (C=O) groups is 3. The van der Waals surface area contributed by atoms with E-state index in [0.29, 0.717) is 43.6 Å². The fourth-order valence-electron chi connectivity index (χ4n) is 10.2. The third kappa shape index (κ3) is 7.05. The average molecular weight is 668 g/mol. The largest absolute Gasteiger partial charge is 0.481 e. The number of nitrogens with zero attached hydrogens (tertiary/aromatic N) is 1. The minimum atomic E-state index is -1.00. The van der Waals surface area contributed by atoms with Crippen molar-refractivity contribution in [2.24, 2.45) is 45.6 Å². The van der Waals surface area contributed by atoms with E-state index in [1.165, 1.54) is 5.57 Å². The maximum atomic E-state index is 13.4. The maximum Gasteiger partial charge on any atom is 0.305 e. The number of aliphatic hydroxyl groups is 1. The van der Waals surface area contributed by atoms with Crippen molar-refractivity contribution in [2.75, 3.05) is 13.2 Å². The molecule has 5 aliphatic rings. The molecule has 0 aromatic heterocycles. The Kier molecular flexibility index (Phi) is 10.4. The Morgan fingerprint density at radius 2 is 1.79 bits per heavy atom. The van der Waals surface area contributed by atoms with Gasteiger partial charge in [0.1, 0.15) is 11.6 Å². The van der Waals surface area contributed by atoms with Crippen LogP contribution in [0.5, 0.6) is 0 Å². The van der Waals surface area contributed by atoms with Crippen LogP contribution >= 0.6 is 0 Å². The third-order valence-corrected chi connectivity index (χ3v) is 13.0. The summed E-state index contributed by atoms with van der Waals surface area (Å²) in [6.45, 7) is 12.4. The number of allylic oxidation sites excluding steroid dienone is 2. The Morgan fingerprint density at radius 1 is 1.06 bits per heavy atom. The Morgan fingerprint density at radius 3 is 2.46 bits per heavy atom. The van der Waals surface area contributed by atoms with E-state index < -0.39 is 41.1 Å². The Hall–Kier alpha value is -2.90. The molecule has 1 saturated heterocycles. The predicted octanol–water partition coefficient (Wildman–Crippen LogP) is 4.99. The highest BCUT2D eigenvalue weighted by Gasteiger charge is 2.63. The second-order valence-corrected chi connectivity index (χ2v) is 16.7. The van der Waals surface area contributed by atoms with Gasteiger partial charge in [0.25, 0.3) is 5.91 Å². The zero-order valence-corrected chi connectivity index (χ0v) is 29.8. The smallest absolute Gasteiger partial charge is 0.305 e. The van der Waals surface area contributed by atoms with Crippen LogP contribution in [0.15, 0.2) is 16.8 Å². The van der Waals surface area contributed by atoms with E-state index in [1.807, 2.05) is 27.7 Å². The molecule has 10 nitrogen and oxygen atoms in total. The van der Waals surface area contributed by atoms with Crippen molar-refractivity contribution in [2.45, 2.75) is 135 Å². The molecule has 9 atom stereocenters. The van der Waals surface area contributed by atoms with E-state index >= 15 is 0 Å². The summed E-state index contributed by atoms with van der Waals surface area (Å²) in [7, 11) is 0. The minimum Gasteiger partial charge on any atom is -0.481 e. The van der Waals surface area contributed by atoms with Crippen LogP contribution in [0.3, 0.4) is 0 Å². The topological polar surface area (TPSA) is 147 Å². The standard InChI is InChI=1S/C38H57N3O7/c1-8-38(46)17-13-29-27-10-9-25-19-26(11-15-36(25,6)28(27)12-16-37(29,38)7)41-48-22-31(42)40-33(23(2)3)34(45)39-30(20-32(43)44)24-14-18-47-35(4,5)21-24/h1,19,23-24,27-30,33,46H,9-18,20-22H2,2-7H3,(H,39,45)(H,40,42)(H,43,44)/b41-26+/t24-,27-,28-,29-,30-,33+,36+,37+,38-/m1/s1. The van der Waals surface area contributed by atoms with Crippen molar-refractivity contribution in [1.29, 1.82) is 0 Å². The number of rotatable bonds is 10. The molecule has 4 aliphatic carbocycles. The molecule has 0 aromatic rings. The minimum absolute atomic E-state index is 0.0486. The number of terminal acetylenes is 1. The normalized spacial score (nSPS) is 37.6. The van der Waals surface area contributed by atoms with Gasteiger partial charge in [-0.05, 0) is 119 Å². The first-order valence-corrected chi connectivity index (χ1v) is 18.1. The first-order valence-electron chi connectivity index (χ1n) is 18.1. The molecule has 0 unspecified atom stereocenters. The van der Waals surface area contributed by atoms with Crippen LogP contribution in [0.4, 0.5) is 0 Å². The zero-order chi connectivity index (χ0) is 35.1. The third-order valence-electron chi connectivity index (χ3n) is 13.0. The van der Waals surface area contributed by atoms with Gasteiger partial charge in [0.05, 0.1) is 17.7 Å². The number of hydrogen-bond acceptors (Lipinski definition) is 7. The highest BCUT2D eigenvalue weighted by atomic mass is 16.6. The highest BCUT2D eigenvalue weighted by Crippen LogP contribution is 2.67. The molecule has 4 N–H and O–H groups in total. The van der Waals surface area contributed by atoms with Crippen LogP contribution in [0, 0.1) is 52.8 Å². The SMILES string of the molecule is C#C[C@@]1(O)CC[C@@H]2[C@@H]3CCC4=C/C(=N/OCC(=O)N[C@H](C(=O)N[C@H](CC(=O)O)[C@@H]5CCOC(C)(C)C5)C(C)C)CC[C@]4(C)[C@@H]3CC[C@@]21C. The van der Waals surface area contributed by atoms with Crippen LogP contribution in [-0.2, 0) is 24.0 Å². The van der Waals surface area contributed by atoms with E-state index in [2.05, 4.69) is 41.6 Å². The first-order chi connectivity index (χ1) is 22.5. The van der Waals surface area contributed by atoms with E-state index in [-0.39, 0.29) is 35.7 Å². The summed E-state index contributed by atoms with van der Waals surface area (Å²) in [5, 5.41) is 30.9. The Balaban J connectivity index is 1.17. The number of aliphatic carboxylic acids is 1. The molecule has 10 heteroatoms. The lowest BCUT2D eigenvalue weighted by Crippen LogP contribution is -2.55. The van der Waals surface area contributed by atoms with Crippen molar-refractivity contribution >= 4 is 23.5 Å². The monoisotopic (exact) mass is 667 g/mol. The molecular formula is C38H57N3O7. The van der Waals surface area contributed by atoms with Crippen molar-refractivity contribution in [3.05, 3.63) is 11.6 Å². The summed E-state index contributed by atoms with van der Waals surface area (Å²) in [5.74, 6) is 2.19. The molecule has 1 heterocycles. The molecule has 3 saturated carbocycles. The lowest BCUT2D eigenvalue weighted by Gasteiger charge is -2.58. The van der Waals surface area contributed by atoms with Gasteiger partial charge in [-0.2, -0.15) is 0 Å². The summed E-state index contributed by atoms with van der Waals surface area (Å²) in [5.41, 5.74) is 0.689. The van der Waals surface area contributed by atoms with Gasteiger partial charge < -0.3 is 30.4 Å². The van der Waals surface area contributed by atoms with Crippen LogP contribution in [0.25, 0.3) is 0 Å². The second kappa shape index (κ2) is 13.8. The maximum absolute atomic E-state index is 13.4. The molecule has 4 fully saturated rings. The van der Waals surface area contributed by atoms with Gasteiger partial charge in [0, 0.05) is 18.1 Å². The van der Waals surface area contributed by atoms with Gasteiger partial charge in [-0.3, -0.25) is 14.4 Å². The summed E-state index contributed by atoms with van der Waals surface area (Å²) in [4.78, 5) is 43.5. The van der Waals surface area contributed by atoms with Gasteiger partial charge in [0.15, 0.2) is 6.61 Å². The van der Waals surface area contributed by atoms with E-state index in [1.54, 1.807) is 0 Å². The number of carbonyl (C=O) groups excluding carboxylic acids is 2. The molecule has 0 radical (unpaired) electrons. The molecular weight excluding hydrogens is 610 g/mol. The number of nitrogens with one attached hydrogen (secondary N) is 2. The molecule has 266 valence electrons. The number of fused-ring (bicyclic) bond motifs is 5. The zero-order valence-electron chi connectivity index (χ0n) is 29.8. The van der Waals surface area contributed by atoms with E-state index in [0.717, 1.165) is 50.7 Å². The van der Waals surface area contributed by atoms with E-state index in [4.69, 9.17) is 16.0 Å². The number of oxime groups is 1. The van der Waals surface area contributed by atoms with Gasteiger partial charge >= 0.3 is 5.97 Å². The number of carboxylic acids is 1. The van der Waals surface area contributed by atoms with Gasteiger partial charge in [-0.1, -0.05) is 44.3 Å². The first kappa shape index (κ1) is 36.4. The van der Waals surface area contributed by atoms with Crippen LogP contribution < -0.4 is 10.6 Å². The second-order valence-electron chi connectivity index (χ2n) is 16.7. The number of carboxylic acid groups (broad SMARTS) is 1. The molecule has 48 heavy (non-hydrogen) atoms. The van der Waals surface area contributed by atoms with Crippen molar-refractivity contribution in [3.8, 4) is 12.3 Å². The summed E-state index contributed by atoms with van der Waals surface area (Å²) in [6, 6.07) is -1.42. The van der Waals surface area contributed by atoms with Crippen LogP contribution in [-0.4, -0.2) is 70.2 Å². The molecule has 5 rings (SSSR count). The Labute approximate surface area is 286 Å². The summed E-state index contributed by atoms with van der Waals surface area (Å²) >= 11 is 0. The highest BCUT2D eigenvalue weighted by molar-refractivity contribution is 5.96. The lowest BCUT2D eigenvalue weighted by molar-refractivity contribution is -0.140. The fraction of sp³-hybridized carbons (Fsp3) is 0.789. The number of hydrogen-bond donors (Lipinski definition) is 4. The van der Waals surface area contributed by atoms with Gasteiger partial charge in [0.2, 0.25) is 5.91 Å². The lowest BCUT2D eigenvalue weighted by atomic mass is 9.46. The average Bonchev–Trinajstić information content (AvgIpc) is 3.29. The molecule has 0 bridgehead atoms. The van der Waals surface area contributed by atoms with Crippen LogP contribution in [0.2, 0.25) is 0 Å². The quantitative estimate of drug-likeness (QED) is 0.190. The Bertz CT molecular complexity index is 1370. The molecule has 2 amide bonds. The molecule has 1 aliphatic heterocycles. The number of amides is 2. The summed E-state index contributed by atoms with van der Waals surface area (Å²) in [6.07, 6.45) is 16.6. The van der Waals surface area contributed by atoms with Gasteiger partial charge in [-0.15, -0.1) is 6.42 Å². The van der Waals surface area contributed by atoms with Crippen LogP contribution in [0.1, 0.15) is 112 Å². The van der Waals surface area contributed by atoms with Gasteiger partial charge in [-0.25, -0.2) is 0 Å².